The largest absolute Gasteiger partial charge is 0.180 e. The van der Waals surface area contributed by atoms with Gasteiger partial charge in [-0.15, -0.1) is 10.2 Å². The Morgan fingerprint density at radius 3 is 2.09 bits per heavy atom. The van der Waals surface area contributed by atoms with Gasteiger partial charge in [-0.25, -0.2) is 0 Å². The van der Waals surface area contributed by atoms with Crippen LogP contribution in [0.1, 0.15) is 25.3 Å². The highest BCUT2D eigenvalue weighted by Crippen LogP contribution is 2.31. The van der Waals surface area contributed by atoms with Gasteiger partial charge >= 0.3 is 0 Å². The van der Waals surface area contributed by atoms with Crippen LogP contribution in [0.3, 0.4) is 0 Å². The minimum Gasteiger partial charge on any atom is -0.180 e. The molecule has 1 aromatic rings. The van der Waals surface area contributed by atoms with E-state index >= 15 is 0 Å². The highest BCUT2D eigenvalue weighted by Gasteiger charge is 2.22. The zero-order valence-electron chi connectivity index (χ0n) is 5.80. The van der Waals surface area contributed by atoms with E-state index < -0.39 is 0 Å². The lowest BCUT2D eigenvalue weighted by atomic mass is 9.94. The molecular weight excluding hydrogens is 274 g/mol. The van der Waals surface area contributed by atoms with E-state index in [0.29, 0.717) is 6.04 Å². The van der Waals surface area contributed by atoms with Gasteiger partial charge in [0.2, 0.25) is 0 Å². The molecule has 0 unspecified atom stereocenters. The van der Waals surface area contributed by atoms with Crippen molar-refractivity contribution in [2.24, 2.45) is 0 Å². The topological polar surface area (TPSA) is 30.7 Å². The maximum atomic E-state index is 4.21. The summed E-state index contributed by atoms with van der Waals surface area (Å²) in [6, 6.07) is 0.539. The van der Waals surface area contributed by atoms with Crippen molar-refractivity contribution >= 4 is 31.9 Å². The fourth-order valence-electron chi connectivity index (χ4n) is 1.07. The molecule has 1 aliphatic carbocycles. The van der Waals surface area contributed by atoms with Crippen LogP contribution in [0.25, 0.3) is 0 Å². The van der Waals surface area contributed by atoms with Gasteiger partial charge in [0.05, 0.1) is 6.04 Å². The third kappa shape index (κ3) is 1.36. The van der Waals surface area contributed by atoms with E-state index in [4.69, 9.17) is 0 Å². The Morgan fingerprint density at radius 1 is 1.18 bits per heavy atom. The Bertz CT molecular complexity index is 247. The third-order valence-corrected chi connectivity index (χ3v) is 3.55. The van der Waals surface area contributed by atoms with E-state index in [9.17, 15) is 0 Å². The molecule has 1 aromatic heterocycles. The average molecular weight is 281 g/mol. The molecule has 1 aliphatic rings. The molecule has 1 fully saturated rings. The normalized spacial score (nSPS) is 18.4. The highest BCUT2D eigenvalue weighted by atomic mass is 79.9. The number of halogens is 2. The summed E-state index contributed by atoms with van der Waals surface area (Å²) < 4.78 is 1.59. The molecule has 0 saturated heterocycles. The Morgan fingerprint density at radius 2 is 1.73 bits per heavy atom. The van der Waals surface area contributed by atoms with Crippen LogP contribution in [0.15, 0.2) is 9.21 Å². The molecule has 5 heteroatoms. The summed E-state index contributed by atoms with van der Waals surface area (Å²) in [5, 5.41) is 8.42. The molecule has 1 saturated carbocycles. The van der Waals surface area contributed by atoms with Gasteiger partial charge in [-0.1, -0.05) is 0 Å². The van der Waals surface area contributed by atoms with Crippen LogP contribution in [-0.2, 0) is 0 Å². The van der Waals surface area contributed by atoms with E-state index in [1.165, 1.54) is 19.3 Å². The summed E-state index contributed by atoms with van der Waals surface area (Å²) in [6.07, 6.45) is 3.74. The average Bonchev–Trinajstić information content (AvgIpc) is 2.08. The minimum atomic E-state index is 0.539. The van der Waals surface area contributed by atoms with Gasteiger partial charge < -0.3 is 0 Å². The Balaban J connectivity index is 2.24. The van der Waals surface area contributed by atoms with Crippen molar-refractivity contribution < 1.29 is 0 Å². The van der Waals surface area contributed by atoms with Crippen LogP contribution in [-0.4, -0.2) is 15.0 Å². The smallest absolute Gasteiger partial charge is 0.162 e. The van der Waals surface area contributed by atoms with E-state index in [2.05, 4.69) is 42.1 Å². The van der Waals surface area contributed by atoms with Crippen LogP contribution in [0.4, 0.5) is 0 Å². The predicted molar refractivity (Wildman–Crippen MR) is 48.3 cm³/mol. The van der Waals surface area contributed by atoms with Crippen LogP contribution < -0.4 is 0 Å². The van der Waals surface area contributed by atoms with Gasteiger partial charge in [0.15, 0.2) is 9.21 Å². The second-order valence-electron chi connectivity index (χ2n) is 2.69. The van der Waals surface area contributed by atoms with Crippen LogP contribution in [0.2, 0.25) is 0 Å². The number of hydrogen-bond acceptors (Lipinski definition) is 2. The fourth-order valence-corrected chi connectivity index (χ4v) is 1.55. The van der Waals surface area contributed by atoms with Crippen molar-refractivity contribution in [2.75, 3.05) is 0 Å². The zero-order valence-corrected chi connectivity index (χ0v) is 8.97. The molecular formula is C6H7Br2N3. The summed E-state index contributed by atoms with van der Waals surface area (Å²) in [5.41, 5.74) is 0. The molecule has 0 bridgehead atoms. The summed E-state index contributed by atoms with van der Waals surface area (Å²) in [4.78, 5) is 1.79. The first kappa shape index (κ1) is 7.73. The highest BCUT2D eigenvalue weighted by molar-refractivity contribution is 9.13. The van der Waals surface area contributed by atoms with Gasteiger partial charge in [0, 0.05) is 0 Å². The third-order valence-electron chi connectivity index (χ3n) is 1.95. The zero-order chi connectivity index (χ0) is 7.84. The maximum Gasteiger partial charge on any atom is 0.162 e. The van der Waals surface area contributed by atoms with Crippen molar-refractivity contribution in [3.05, 3.63) is 9.21 Å². The minimum absolute atomic E-state index is 0.539. The molecule has 2 rings (SSSR count). The molecule has 60 valence electrons. The van der Waals surface area contributed by atoms with Gasteiger partial charge in [-0.05, 0) is 51.1 Å². The first-order valence-electron chi connectivity index (χ1n) is 3.55. The lowest BCUT2D eigenvalue weighted by molar-refractivity contribution is 0.260. The molecule has 0 radical (unpaired) electrons. The standard InChI is InChI=1S/C6H7Br2N3/c7-5-6(8)10-11(9-5)4-2-1-3-4/h4H,1-3H2. The fraction of sp³-hybridized carbons (Fsp3) is 0.667. The maximum absolute atomic E-state index is 4.21. The predicted octanol–water partition coefficient (Wildman–Crippen LogP) is 2.53. The Kier molecular flexibility index (Phi) is 2.01. The molecule has 0 N–H and O–H groups in total. The summed E-state index contributed by atoms with van der Waals surface area (Å²) in [5.74, 6) is 0. The van der Waals surface area contributed by atoms with Crippen molar-refractivity contribution in [1.29, 1.82) is 0 Å². The van der Waals surface area contributed by atoms with Gasteiger partial charge in [0.25, 0.3) is 0 Å². The Hall–Kier alpha value is 0.1000. The van der Waals surface area contributed by atoms with E-state index in [0.717, 1.165) is 9.21 Å². The number of nitrogens with zero attached hydrogens (tertiary/aromatic N) is 3. The van der Waals surface area contributed by atoms with E-state index in [-0.39, 0.29) is 0 Å². The molecule has 3 nitrogen and oxygen atoms in total. The number of hydrogen-bond donors (Lipinski definition) is 0. The van der Waals surface area contributed by atoms with Crippen molar-refractivity contribution in [2.45, 2.75) is 25.3 Å². The first-order valence-corrected chi connectivity index (χ1v) is 5.14. The number of rotatable bonds is 1. The second-order valence-corrected chi connectivity index (χ2v) is 4.19. The molecule has 1 heterocycles. The molecule has 0 atom stereocenters. The van der Waals surface area contributed by atoms with Crippen molar-refractivity contribution in [3.8, 4) is 0 Å². The van der Waals surface area contributed by atoms with Gasteiger partial charge in [0.1, 0.15) is 0 Å². The van der Waals surface area contributed by atoms with E-state index in [1.54, 1.807) is 4.80 Å². The van der Waals surface area contributed by atoms with Crippen LogP contribution >= 0.6 is 31.9 Å². The number of aromatic nitrogens is 3. The van der Waals surface area contributed by atoms with E-state index in [1.807, 2.05) is 0 Å². The first-order chi connectivity index (χ1) is 5.27. The van der Waals surface area contributed by atoms with Gasteiger partial charge in [-0.2, -0.15) is 4.80 Å². The Labute approximate surface area is 81.4 Å². The van der Waals surface area contributed by atoms with Crippen molar-refractivity contribution in [3.63, 3.8) is 0 Å². The quantitative estimate of drug-likeness (QED) is 0.792. The van der Waals surface area contributed by atoms with Crippen LogP contribution in [0.5, 0.6) is 0 Å². The van der Waals surface area contributed by atoms with Gasteiger partial charge in [-0.3, -0.25) is 0 Å². The molecule has 0 aliphatic heterocycles. The summed E-state index contributed by atoms with van der Waals surface area (Å²) >= 11 is 6.59. The summed E-state index contributed by atoms with van der Waals surface area (Å²) in [7, 11) is 0. The molecule has 0 amide bonds. The monoisotopic (exact) mass is 279 g/mol. The summed E-state index contributed by atoms with van der Waals surface area (Å²) in [6.45, 7) is 0. The van der Waals surface area contributed by atoms with Crippen LogP contribution in [0, 0.1) is 0 Å². The molecule has 11 heavy (non-hydrogen) atoms. The molecule has 0 aromatic carbocycles. The molecule has 0 spiro atoms. The second kappa shape index (κ2) is 2.86. The SMILES string of the molecule is Brc1nn(C2CCC2)nc1Br. The lowest BCUT2D eigenvalue weighted by Crippen LogP contribution is -2.19. The van der Waals surface area contributed by atoms with Crippen molar-refractivity contribution in [1.82, 2.24) is 15.0 Å². The lowest BCUT2D eigenvalue weighted by Gasteiger charge is -2.23.